The number of rotatable bonds is 7. The molecule has 10 heteroatoms. The van der Waals surface area contributed by atoms with E-state index in [1.807, 2.05) is 31.3 Å². The first kappa shape index (κ1) is 23.0. The van der Waals surface area contributed by atoms with Crippen molar-refractivity contribution in [1.82, 2.24) is 30.4 Å². The van der Waals surface area contributed by atoms with E-state index in [1.54, 1.807) is 24.3 Å². The number of halogens is 1. The summed E-state index contributed by atoms with van der Waals surface area (Å²) in [7, 11) is 2.01. The second-order valence-electron chi connectivity index (χ2n) is 8.55. The van der Waals surface area contributed by atoms with E-state index < -0.39 is 0 Å². The van der Waals surface area contributed by atoms with Crippen LogP contribution in [-0.4, -0.2) is 57.2 Å². The van der Waals surface area contributed by atoms with Gasteiger partial charge >= 0.3 is 0 Å². The van der Waals surface area contributed by atoms with Gasteiger partial charge in [0.2, 0.25) is 5.91 Å². The maximum absolute atomic E-state index is 11.5. The summed E-state index contributed by atoms with van der Waals surface area (Å²) in [6.45, 7) is 3.42. The number of aromatic nitrogens is 4. The number of nitrogens with zero attached hydrogens (tertiary/aromatic N) is 4. The quantitative estimate of drug-likeness (QED) is 0.455. The molecule has 0 radical (unpaired) electrons. The Labute approximate surface area is 207 Å². The maximum Gasteiger partial charge on any atom is 0.222 e. The molecule has 0 aliphatic carbocycles. The summed E-state index contributed by atoms with van der Waals surface area (Å²) < 4.78 is 0. The fraction of sp³-hybridized carbons (Fsp3) is 0.333. The van der Waals surface area contributed by atoms with Gasteiger partial charge in [0, 0.05) is 42.5 Å². The SMILES string of the molecule is CNC1CN(C(C2=C(c3nnc[nH]3)SC(c3ccnc(NC(C)=O)c3)C2)c2ccc(Cl)cc2)C1. The Balaban J connectivity index is 1.52. The van der Waals surface area contributed by atoms with E-state index in [1.165, 1.54) is 18.1 Å². The molecule has 1 amide bonds. The zero-order chi connectivity index (χ0) is 23.7. The Morgan fingerprint density at radius 3 is 2.74 bits per heavy atom. The summed E-state index contributed by atoms with van der Waals surface area (Å²) in [5.74, 6) is 1.21. The average molecular weight is 496 g/mol. The number of benzene rings is 1. The Bertz CT molecular complexity index is 1190. The highest BCUT2D eigenvalue weighted by atomic mass is 35.5. The van der Waals surface area contributed by atoms with Crippen molar-refractivity contribution in [2.45, 2.75) is 30.7 Å². The average Bonchev–Trinajstić information content (AvgIpc) is 3.46. The highest BCUT2D eigenvalue weighted by Gasteiger charge is 2.40. The normalized spacial score (nSPS) is 19.8. The van der Waals surface area contributed by atoms with Gasteiger partial charge in [-0.3, -0.25) is 9.69 Å². The van der Waals surface area contributed by atoms with Crippen LogP contribution in [0.25, 0.3) is 4.91 Å². The molecule has 2 aromatic heterocycles. The first-order valence-electron chi connectivity index (χ1n) is 11.2. The number of H-pyrrole nitrogens is 1. The first-order valence-corrected chi connectivity index (χ1v) is 12.4. The standard InChI is InChI=1S/C24H26ClN7OS/c1-14(33)30-21-9-16(7-8-27-21)20-10-19(23(34-20)24-28-13-29-31-24)22(32-11-18(12-32)26-2)15-3-5-17(25)6-4-15/h3-9,13,18,20,22,26H,10-12H2,1-2H3,(H,27,30,33)(H,28,29,31). The number of thioether (sulfide) groups is 1. The second kappa shape index (κ2) is 9.87. The predicted molar refractivity (Wildman–Crippen MR) is 135 cm³/mol. The molecule has 176 valence electrons. The van der Waals surface area contributed by atoms with E-state index in [9.17, 15) is 4.79 Å². The van der Waals surface area contributed by atoms with Crippen LogP contribution in [0, 0.1) is 0 Å². The van der Waals surface area contributed by atoms with Crippen LogP contribution < -0.4 is 10.6 Å². The molecule has 2 atom stereocenters. The largest absolute Gasteiger partial charge is 0.327 e. The number of nitrogens with one attached hydrogen (secondary N) is 3. The van der Waals surface area contributed by atoms with Gasteiger partial charge in [-0.2, -0.15) is 0 Å². The minimum atomic E-state index is -0.135. The summed E-state index contributed by atoms with van der Waals surface area (Å²) in [6, 6.07) is 12.7. The number of pyridine rings is 1. The summed E-state index contributed by atoms with van der Waals surface area (Å²) >= 11 is 7.99. The van der Waals surface area contributed by atoms with Gasteiger partial charge in [-0.25, -0.2) is 4.98 Å². The van der Waals surface area contributed by atoms with Gasteiger partial charge < -0.3 is 15.6 Å². The molecule has 2 aliphatic rings. The van der Waals surface area contributed by atoms with Crippen LogP contribution in [0.5, 0.6) is 0 Å². The number of hydrogen-bond acceptors (Lipinski definition) is 7. The van der Waals surface area contributed by atoms with Crippen LogP contribution in [0.2, 0.25) is 5.02 Å². The Kier molecular flexibility index (Phi) is 6.69. The molecule has 0 spiro atoms. The first-order chi connectivity index (χ1) is 16.5. The van der Waals surface area contributed by atoms with E-state index in [-0.39, 0.29) is 17.2 Å². The lowest BCUT2D eigenvalue weighted by atomic mass is 9.89. The maximum atomic E-state index is 11.5. The topological polar surface area (TPSA) is 98.8 Å². The third-order valence-electron chi connectivity index (χ3n) is 6.25. The molecule has 1 aromatic carbocycles. The molecule has 1 saturated heterocycles. The summed E-state index contributed by atoms with van der Waals surface area (Å²) in [5.41, 5.74) is 3.63. The van der Waals surface area contributed by atoms with E-state index in [2.05, 4.69) is 47.8 Å². The number of likely N-dealkylation sites (N-methyl/N-ethyl adjacent to an activating group) is 1. The molecule has 34 heavy (non-hydrogen) atoms. The zero-order valence-corrected chi connectivity index (χ0v) is 20.5. The number of carbonyl (C=O) groups is 1. The van der Waals surface area contributed by atoms with Gasteiger partial charge in [0.15, 0.2) is 5.82 Å². The van der Waals surface area contributed by atoms with Crippen molar-refractivity contribution < 1.29 is 4.79 Å². The van der Waals surface area contributed by atoms with Gasteiger partial charge in [-0.1, -0.05) is 23.7 Å². The van der Waals surface area contributed by atoms with Crippen molar-refractivity contribution in [3.8, 4) is 0 Å². The molecule has 3 aromatic rings. The van der Waals surface area contributed by atoms with Gasteiger partial charge in [-0.15, -0.1) is 22.0 Å². The third kappa shape index (κ3) is 4.74. The third-order valence-corrected chi connectivity index (χ3v) is 7.91. The van der Waals surface area contributed by atoms with Gasteiger partial charge in [0.1, 0.15) is 12.1 Å². The van der Waals surface area contributed by atoms with Crippen LogP contribution >= 0.6 is 23.4 Å². The van der Waals surface area contributed by atoms with Crippen molar-refractivity contribution in [1.29, 1.82) is 0 Å². The van der Waals surface area contributed by atoms with E-state index in [0.717, 1.165) is 40.8 Å². The Morgan fingerprint density at radius 2 is 2.06 bits per heavy atom. The van der Waals surface area contributed by atoms with Crippen LogP contribution in [0.3, 0.4) is 0 Å². The Morgan fingerprint density at radius 1 is 1.26 bits per heavy atom. The molecule has 0 bridgehead atoms. The lowest BCUT2D eigenvalue weighted by Gasteiger charge is -2.45. The van der Waals surface area contributed by atoms with Crippen LogP contribution in [0.1, 0.15) is 41.6 Å². The molecule has 8 nitrogen and oxygen atoms in total. The van der Waals surface area contributed by atoms with Crippen molar-refractivity contribution >= 4 is 40.0 Å². The van der Waals surface area contributed by atoms with Gasteiger partial charge in [-0.05, 0) is 54.4 Å². The number of hydrogen-bond donors (Lipinski definition) is 3. The summed E-state index contributed by atoms with van der Waals surface area (Å²) in [4.78, 5) is 22.6. The fourth-order valence-corrected chi connectivity index (χ4v) is 6.09. The van der Waals surface area contributed by atoms with E-state index in [4.69, 9.17) is 11.6 Å². The molecule has 0 saturated carbocycles. The molecule has 3 N–H and O–H groups in total. The van der Waals surface area contributed by atoms with Gasteiger partial charge in [0.05, 0.1) is 10.9 Å². The molecule has 1 fully saturated rings. The summed E-state index contributed by atoms with van der Waals surface area (Å²) in [5, 5.41) is 15.5. The van der Waals surface area contributed by atoms with Crippen molar-refractivity contribution in [2.75, 3.05) is 25.5 Å². The van der Waals surface area contributed by atoms with Crippen LogP contribution in [0.4, 0.5) is 5.82 Å². The highest BCUT2D eigenvalue weighted by Crippen LogP contribution is 2.55. The molecular weight excluding hydrogens is 470 g/mol. The lowest BCUT2D eigenvalue weighted by Crippen LogP contribution is -2.58. The number of carbonyl (C=O) groups excluding carboxylic acids is 1. The zero-order valence-electron chi connectivity index (χ0n) is 19.0. The van der Waals surface area contributed by atoms with Crippen molar-refractivity contribution in [3.05, 3.63) is 76.5 Å². The fourth-order valence-electron chi connectivity index (χ4n) is 4.58. The van der Waals surface area contributed by atoms with Crippen LogP contribution in [0.15, 0.2) is 54.5 Å². The predicted octanol–water partition coefficient (Wildman–Crippen LogP) is 4.05. The minimum absolute atomic E-state index is 0.108. The number of aromatic amines is 1. The monoisotopic (exact) mass is 495 g/mol. The number of anilines is 1. The molecule has 2 unspecified atom stereocenters. The van der Waals surface area contributed by atoms with E-state index in [0.29, 0.717) is 11.9 Å². The molecular formula is C24H26ClN7OS. The van der Waals surface area contributed by atoms with Crippen molar-refractivity contribution in [3.63, 3.8) is 0 Å². The Hall–Kier alpha value is -2.72. The minimum Gasteiger partial charge on any atom is -0.327 e. The van der Waals surface area contributed by atoms with E-state index >= 15 is 0 Å². The highest BCUT2D eigenvalue weighted by molar-refractivity contribution is 8.08. The lowest BCUT2D eigenvalue weighted by molar-refractivity contribution is -0.114. The van der Waals surface area contributed by atoms with Crippen LogP contribution in [-0.2, 0) is 4.79 Å². The smallest absolute Gasteiger partial charge is 0.222 e. The summed E-state index contributed by atoms with van der Waals surface area (Å²) in [6.07, 6.45) is 4.21. The number of amides is 1. The molecule has 4 heterocycles. The second-order valence-corrected chi connectivity index (χ2v) is 10.2. The molecule has 2 aliphatic heterocycles. The van der Waals surface area contributed by atoms with Gasteiger partial charge in [0.25, 0.3) is 0 Å². The van der Waals surface area contributed by atoms with Crippen molar-refractivity contribution in [2.24, 2.45) is 0 Å². The number of likely N-dealkylation sites (tertiary alicyclic amines) is 1. The molecule has 5 rings (SSSR count).